The number of anilines is 6. The normalized spacial score (nSPS) is 10.8. The number of H-pyrrole nitrogens is 1. The lowest BCUT2D eigenvalue weighted by Gasteiger charge is -2.15. The van der Waals surface area contributed by atoms with Gasteiger partial charge in [0.15, 0.2) is 28.0 Å². The summed E-state index contributed by atoms with van der Waals surface area (Å²) in [6.07, 6.45) is 12.0. The van der Waals surface area contributed by atoms with Gasteiger partial charge in [0.1, 0.15) is 28.5 Å². The number of rotatable bonds is 19. The number of carboxylic acids is 1. The fourth-order valence-electron chi connectivity index (χ4n) is 12.5. The molecule has 0 saturated heterocycles. The quantitative estimate of drug-likeness (QED) is 0.0502. The summed E-state index contributed by atoms with van der Waals surface area (Å²) in [4.78, 5) is 63.4. The summed E-state index contributed by atoms with van der Waals surface area (Å²) >= 11 is 0. The van der Waals surface area contributed by atoms with E-state index in [2.05, 4.69) is 84.0 Å². The van der Waals surface area contributed by atoms with Gasteiger partial charge in [-0.05, 0) is 247 Å². The summed E-state index contributed by atoms with van der Waals surface area (Å²) < 4.78 is 27.9. The smallest absolute Gasteiger partial charge is 0.335 e. The Morgan fingerprint density at radius 1 is 0.473 bits per heavy atom. The van der Waals surface area contributed by atoms with Crippen molar-refractivity contribution >= 4 is 74.4 Å². The monoisotopic (exact) mass is 1480 g/mol. The number of fused-ring (bicyclic) bond motifs is 3. The molecule has 5 N–H and O–H groups in total. The molecular weight excluding hydrogens is 1410 g/mol. The molecule has 26 nitrogen and oxygen atoms in total. The van der Waals surface area contributed by atoms with Crippen LogP contribution in [0.2, 0.25) is 0 Å². The average Bonchev–Trinajstić information content (AvgIpc) is 1.60. The Labute approximate surface area is 642 Å². The molecule has 548 valence electrons. The van der Waals surface area contributed by atoms with Crippen LogP contribution in [0.1, 0.15) is 66.0 Å². The Hall–Kier alpha value is -15.8. The van der Waals surface area contributed by atoms with Crippen LogP contribution in [0.4, 0.5) is 34.9 Å². The van der Waals surface area contributed by atoms with Crippen molar-refractivity contribution in [2.24, 2.45) is 7.05 Å². The molecule has 0 spiro atoms. The van der Waals surface area contributed by atoms with Crippen LogP contribution in [-0.4, -0.2) is 87.1 Å². The lowest BCUT2D eigenvalue weighted by molar-refractivity contribution is 0.0696. The molecule has 16 aromatic rings. The average molecular weight is 1480 g/mol. The van der Waals surface area contributed by atoms with Gasteiger partial charge in [-0.3, -0.25) is 9.97 Å². The van der Waals surface area contributed by atoms with Gasteiger partial charge in [0.2, 0.25) is 17.8 Å². The Morgan fingerprint density at radius 2 is 0.955 bits per heavy atom. The molecule has 0 aliphatic heterocycles. The third-order valence-corrected chi connectivity index (χ3v) is 18.1. The molecule has 8 aromatic heterocycles. The number of ether oxygens (including phenoxy) is 4. The standard InChI is InChI=1S/C33H27N7O2.C28H22N6O3.C25H19N7O/c1-21-16-24(18-34)17-22(2)29(21)37-33-38-31-30(36-20-40(31)19-23-4-8-27(41-3)9-5-23)32(39-33)42-28-10-6-25(7-11-28)26-12-14-35-15-13-26;1-16-12-21(19-6-8-20(9-7-19)27(35)36)13-17(2)24(16)37-26-23-25(30-15-34(23)3)32-28(33-26)31-22-10-4-18(14-29)5-11-22;1-15-11-17(13-26)12-16(2)21(15)30-25-31-23-22(28-14-29-23)24(32-25)33-20-5-3-18(4-6-20)19-7-9-27-10-8-19/h4-17,20H,19H2,1-3H3,(H,37,38,39);4-13,15H,1-3H3,(H,35,36)(H,31,32,33);3-12,14H,1-2H3,(H2,28,29,30,31,32). The highest BCUT2D eigenvalue weighted by Gasteiger charge is 2.22. The number of aromatic nitrogens is 14. The number of aromatic amines is 1. The molecule has 0 fully saturated rings. The molecule has 0 amide bonds. The van der Waals surface area contributed by atoms with Gasteiger partial charge in [-0.1, -0.05) is 48.5 Å². The first-order chi connectivity index (χ1) is 54.4. The van der Waals surface area contributed by atoms with Gasteiger partial charge in [-0.25, -0.2) is 19.7 Å². The zero-order valence-electron chi connectivity index (χ0n) is 61.7. The van der Waals surface area contributed by atoms with E-state index in [4.69, 9.17) is 39.3 Å². The van der Waals surface area contributed by atoms with Gasteiger partial charge < -0.3 is 54.1 Å². The third kappa shape index (κ3) is 16.6. The first-order valence-electron chi connectivity index (χ1n) is 35.0. The summed E-state index contributed by atoms with van der Waals surface area (Å²) in [6, 6.07) is 62.8. The number of imidazole rings is 3. The number of carboxylic acid groups (broad SMARTS) is 1. The second-order valence-corrected chi connectivity index (χ2v) is 26.0. The van der Waals surface area contributed by atoms with Crippen molar-refractivity contribution in [1.29, 1.82) is 15.8 Å². The molecular formula is C86H68N20O6. The van der Waals surface area contributed by atoms with E-state index in [0.717, 1.165) is 95.1 Å². The second-order valence-electron chi connectivity index (χ2n) is 26.0. The Bertz CT molecular complexity index is 6230. The zero-order valence-corrected chi connectivity index (χ0v) is 61.7. The third-order valence-electron chi connectivity index (χ3n) is 18.1. The van der Waals surface area contributed by atoms with Crippen LogP contribution in [0.15, 0.2) is 226 Å². The molecule has 0 bridgehead atoms. The highest BCUT2D eigenvalue weighted by molar-refractivity contribution is 5.89. The van der Waals surface area contributed by atoms with E-state index in [1.807, 2.05) is 187 Å². The van der Waals surface area contributed by atoms with E-state index in [-0.39, 0.29) is 5.56 Å². The van der Waals surface area contributed by atoms with Crippen molar-refractivity contribution in [1.82, 2.24) is 68.9 Å². The van der Waals surface area contributed by atoms with Crippen LogP contribution in [0, 0.1) is 75.5 Å². The maximum atomic E-state index is 11.2. The number of nitrogens with zero attached hydrogens (tertiary/aromatic N) is 16. The molecule has 26 heteroatoms. The minimum atomic E-state index is -0.956. The van der Waals surface area contributed by atoms with Gasteiger partial charge in [-0.2, -0.15) is 45.7 Å². The van der Waals surface area contributed by atoms with E-state index >= 15 is 0 Å². The number of nitrogens with one attached hydrogen (secondary N) is 4. The topological polar surface area (TPSA) is 349 Å². The van der Waals surface area contributed by atoms with Crippen molar-refractivity contribution in [2.45, 2.75) is 48.1 Å². The van der Waals surface area contributed by atoms with E-state index in [9.17, 15) is 15.3 Å². The summed E-state index contributed by atoms with van der Waals surface area (Å²) in [7, 11) is 3.50. The molecule has 8 heterocycles. The molecule has 0 aliphatic rings. The van der Waals surface area contributed by atoms with Crippen LogP contribution < -0.4 is 34.9 Å². The maximum absolute atomic E-state index is 11.2. The molecule has 0 saturated carbocycles. The number of nitriles is 3. The van der Waals surface area contributed by atoms with Crippen LogP contribution in [0.25, 0.3) is 66.9 Å². The predicted molar refractivity (Wildman–Crippen MR) is 426 cm³/mol. The number of carbonyl (C=O) groups is 1. The van der Waals surface area contributed by atoms with Crippen molar-refractivity contribution in [3.63, 3.8) is 0 Å². The maximum Gasteiger partial charge on any atom is 0.335 e. The predicted octanol–water partition coefficient (Wildman–Crippen LogP) is 18.2. The molecule has 0 aliphatic carbocycles. The molecule has 112 heavy (non-hydrogen) atoms. The summed E-state index contributed by atoms with van der Waals surface area (Å²) in [5, 5.41) is 46.5. The highest BCUT2D eigenvalue weighted by atomic mass is 16.5. The number of aryl methyl sites for hydroxylation is 7. The molecule has 16 rings (SSSR count). The Kier molecular flexibility index (Phi) is 21.3. The Balaban J connectivity index is 0.000000141. The number of aromatic carboxylic acids is 1. The lowest BCUT2D eigenvalue weighted by atomic mass is 9.99. The zero-order chi connectivity index (χ0) is 77.9. The first kappa shape index (κ1) is 73.2. The fourth-order valence-corrected chi connectivity index (χ4v) is 12.5. The van der Waals surface area contributed by atoms with Gasteiger partial charge in [0.25, 0.3) is 17.6 Å². The molecule has 0 atom stereocenters. The van der Waals surface area contributed by atoms with E-state index in [1.165, 1.54) is 0 Å². The summed E-state index contributed by atoms with van der Waals surface area (Å²) in [6.45, 7) is 12.2. The summed E-state index contributed by atoms with van der Waals surface area (Å²) in [5.74, 6) is 3.83. The number of methoxy groups -OCH3 is 1. The fraction of sp³-hybridized carbons (Fsp3) is 0.105. The number of pyridine rings is 2. The van der Waals surface area contributed by atoms with Crippen LogP contribution in [0.5, 0.6) is 40.6 Å². The number of benzene rings is 8. The van der Waals surface area contributed by atoms with Crippen molar-refractivity contribution in [2.75, 3.05) is 23.1 Å². The van der Waals surface area contributed by atoms with Crippen molar-refractivity contribution in [3.8, 4) is 92.2 Å². The summed E-state index contributed by atoms with van der Waals surface area (Å²) in [5.41, 5.74) is 20.5. The van der Waals surface area contributed by atoms with Crippen molar-refractivity contribution < 1.29 is 28.8 Å². The molecule has 0 unspecified atom stereocenters. The van der Waals surface area contributed by atoms with Gasteiger partial charge in [0.05, 0.1) is 73.1 Å². The van der Waals surface area contributed by atoms with E-state index in [0.29, 0.717) is 109 Å². The van der Waals surface area contributed by atoms with Gasteiger partial charge in [0, 0.05) is 48.9 Å². The Morgan fingerprint density at radius 3 is 1.50 bits per heavy atom. The van der Waals surface area contributed by atoms with E-state index < -0.39 is 5.97 Å². The largest absolute Gasteiger partial charge is 0.497 e. The number of hydrogen-bond donors (Lipinski definition) is 5. The van der Waals surface area contributed by atoms with Gasteiger partial charge >= 0.3 is 5.97 Å². The number of hydrogen-bond acceptors (Lipinski definition) is 22. The highest BCUT2D eigenvalue weighted by Crippen LogP contribution is 2.38. The molecule has 8 aromatic carbocycles. The molecule has 0 radical (unpaired) electrons. The lowest BCUT2D eigenvalue weighted by Crippen LogP contribution is -2.05. The SMILES string of the molecule is COc1ccc(Cn2cnc3c(Oc4ccc(-c5ccncc5)cc4)nc(Nc4c(C)cc(C#N)cc4C)nc32)cc1.Cc1cc(-c2ccc(C(=O)O)cc2)cc(C)c1Oc1nc(Nc2ccc(C#N)cc2)nc2ncn(C)c12.Cc1cc(C#N)cc(C)c1Nc1nc(Oc2ccc(-c3ccncc3)cc2)c2[nH]cnc2n1. The minimum absolute atomic E-state index is 0.242. The first-order valence-corrected chi connectivity index (χ1v) is 35.0. The van der Waals surface area contributed by atoms with Crippen LogP contribution in [0.3, 0.4) is 0 Å². The van der Waals surface area contributed by atoms with Gasteiger partial charge in [-0.15, -0.1) is 0 Å². The van der Waals surface area contributed by atoms with Crippen LogP contribution >= 0.6 is 0 Å². The van der Waals surface area contributed by atoms with Crippen LogP contribution in [-0.2, 0) is 13.6 Å². The van der Waals surface area contributed by atoms with Crippen molar-refractivity contribution in [3.05, 3.63) is 287 Å². The van der Waals surface area contributed by atoms with E-state index in [1.54, 1.807) is 104 Å². The minimum Gasteiger partial charge on any atom is -0.497 e. The second kappa shape index (κ2) is 32.5.